The Labute approximate surface area is 167 Å². The number of fused-ring (bicyclic) bond motifs is 1. The summed E-state index contributed by atoms with van der Waals surface area (Å²) in [5.41, 5.74) is 5.65. The number of aromatic nitrogens is 1. The summed E-state index contributed by atoms with van der Waals surface area (Å²) < 4.78 is 21.4. The molecule has 0 bridgehead atoms. The van der Waals surface area contributed by atoms with Crippen molar-refractivity contribution in [3.63, 3.8) is 0 Å². The molecule has 0 aliphatic carbocycles. The fraction of sp³-hybridized carbons (Fsp3) is 0.500. The van der Waals surface area contributed by atoms with Gasteiger partial charge in [-0.15, -0.1) is 4.31 Å². The number of carbonyl (C=O) groups excluding carboxylic acids is 1. The summed E-state index contributed by atoms with van der Waals surface area (Å²) >= 11 is -1.36. The maximum atomic E-state index is 12.9. The van der Waals surface area contributed by atoms with Gasteiger partial charge in [0.1, 0.15) is 0 Å². The molecule has 2 N–H and O–H groups in total. The van der Waals surface area contributed by atoms with Gasteiger partial charge in [-0.25, -0.2) is 0 Å². The number of benzene rings is 1. The predicted molar refractivity (Wildman–Crippen MR) is 109 cm³/mol. The van der Waals surface area contributed by atoms with E-state index in [1.165, 1.54) is 4.57 Å². The summed E-state index contributed by atoms with van der Waals surface area (Å²) in [7, 11) is 0. The molecule has 1 aliphatic heterocycles. The molecule has 1 saturated heterocycles. The van der Waals surface area contributed by atoms with Crippen molar-refractivity contribution >= 4 is 28.1 Å². The first-order chi connectivity index (χ1) is 13.5. The molecule has 2 aromatic rings. The minimum Gasteiger partial charge on any atom is -0.593 e. The first-order valence-corrected chi connectivity index (χ1v) is 10.8. The Bertz CT molecular complexity index is 885. The fourth-order valence-corrected chi connectivity index (χ4v) is 4.76. The van der Waals surface area contributed by atoms with E-state index in [0.29, 0.717) is 35.2 Å². The third-order valence-corrected chi connectivity index (χ3v) is 6.47. The molecule has 28 heavy (non-hydrogen) atoms. The van der Waals surface area contributed by atoms with E-state index in [1.807, 2.05) is 4.31 Å². The van der Waals surface area contributed by atoms with Crippen molar-refractivity contribution in [3.05, 3.63) is 40.8 Å². The van der Waals surface area contributed by atoms with Crippen LogP contribution in [0.15, 0.2) is 40.2 Å². The molecule has 1 fully saturated rings. The standard InChI is InChI=1S/C20H27N3O4S/c1-2-3-4-8-19(24)27-14-22-11-10-16-17(20(22)25)6-5-7-18(16)28(26)23-12-9-15(21)13-23/h5-7,10-11,15H,2-4,8-9,12-14,21H2,1H3. The van der Waals surface area contributed by atoms with E-state index in [4.69, 9.17) is 10.5 Å². The number of hydrogen-bond donors (Lipinski definition) is 1. The summed E-state index contributed by atoms with van der Waals surface area (Å²) in [4.78, 5) is 25.2. The third-order valence-electron chi connectivity index (χ3n) is 4.94. The number of pyridine rings is 1. The van der Waals surface area contributed by atoms with Gasteiger partial charge < -0.3 is 15.0 Å². The Kier molecular flexibility index (Phi) is 7.12. The summed E-state index contributed by atoms with van der Waals surface area (Å²) in [6.45, 7) is 3.20. The Morgan fingerprint density at radius 3 is 2.86 bits per heavy atom. The van der Waals surface area contributed by atoms with Crippen LogP contribution in [0.4, 0.5) is 0 Å². The van der Waals surface area contributed by atoms with Crippen LogP contribution in [0.2, 0.25) is 0 Å². The van der Waals surface area contributed by atoms with Gasteiger partial charge in [0.15, 0.2) is 11.6 Å². The number of ether oxygens (including phenoxy) is 1. The summed E-state index contributed by atoms with van der Waals surface area (Å²) in [5.74, 6) is -0.305. The molecule has 3 rings (SSSR count). The smallest absolute Gasteiger partial charge is 0.307 e. The van der Waals surface area contributed by atoms with Crippen molar-refractivity contribution in [1.82, 2.24) is 8.87 Å². The van der Waals surface area contributed by atoms with E-state index < -0.39 is 11.4 Å². The second kappa shape index (κ2) is 9.56. The predicted octanol–water partition coefficient (Wildman–Crippen LogP) is 2.14. The van der Waals surface area contributed by atoms with E-state index in [-0.39, 0.29) is 24.3 Å². The molecule has 2 atom stereocenters. The van der Waals surface area contributed by atoms with E-state index in [0.717, 1.165) is 25.7 Å². The van der Waals surface area contributed by atoms with Crippen molar-refractivity contribution in [2.45, 2.75) is 56.7 Å². The summed E-state index contributed by atoms with van der Waals surface area (Å²) in [6.07, 6.45) is 5.55. The van der Waals surface area contributed by atoms with Gasteiger partial charge in [0.2, 0.25) is 0 Å². The highest BCUT2D eigenvalue weighted by atomic mass is 32.2. The van der Waals surface area contributed by atoms with Crippen molar-refractivity contribution in [2.75, 3.05) is 13.1 Å². The zero-order chi connectivity index (χ0) is 20.1. The minimum atomic E-state index is -1.36. The van der Waals surface area contributed by atoms with E-state index in [2.05, 4.69) is 6.92 Å². The number of nitrogens with two attached hydrogens (primary N) is 1. The number of hydrogen-bond acceptors (Lipinski definition) is 6. The maximum Gasteiger partial charge on any atom is 0.307 e. The third kappa shape index (κ3) is 4.75. The van der Waals surface area contributed by atoms with Gasteiger partial charge in [0.05, 0.1) is 23.3 Å². The van der Waals surface area contributed by atoms with Crippen molar-refractivity contribution in [1.29, 1.82) is 0 Å². The van der Waals surface area contributed by atoms with Crippen LogP contribution < -0.4 is 11.3 Å². The van der Waals surface area contributed by atoms with Gasteiger partial charge in [-0.3, -0.25) is 14.2 Å². The highest BCUT2D eigenvalue weighted by Gasteiger charge is 2.31. The zero-order valence-corrected chi connectivity index (χ0v) is 17.0. The lowest BCUT2D eigenvalue weighted by Crippen LogP contribution is -2.32. The molecule has 1 aromatic carbocycles. The molecule has 0 saturated carbocycles. The highest BCUT2D eigenvalue weighted by molar-refractivity contribution is 7.89. The Morgan fingerprint density at radius 2 is 2.14 bits per heavy atom. The monoisotopic (exact) mass is 405 g/mol. The van der Waals surface area contributed by atoms with Gasteiger partial charge in [-0.05, 0) is 31.0 Å². The quantitative estimate of drug-likeness (QED) is 0.410. The number of unbranched alkanes of at least 4 members (excludes halogenated alkanes) is 2. The van der Waals surface area contributed by atoms with E-state index in [9.17, 15) is 14.1 Å². The van der Waals surface area contributed by atoms with Crippen LogP contribution in [0.1, 0.15) is 39.0 Å². The van der Waals surface area contributed by atoms with Crippen molar-refractivity contribution in [2.24, 2.45) is 5.73 Å². The molecule has 7 nitrogen and oxygen atoms in total. The Morgan fingerprint density at radius 1 is 1.32 bits per heavy atom. The van der Waals surface area contributed by atoms with Gasteiger partial charge in [0, 0.05) is 30.6 Å². The van der Waals surface area contributed by atoms with Crippen molar-refractivity contribution in [3.8, 4) is 0 Å². The number of esters is 1. The van der Waals surface area contributed by atoms with Crippen LogP contribution in [0.25, 0.3) is 10.8 Å². The SMILES string of the molecule is CCCCCC(=O)OCn1ccc2c([S+]([O-])N3CCC(N)C3)cccc2c1=O. The molecule has 2 heterocycles. The number of rotatable bonds is 8. The largest absolute Gasteiger partial charge is 0.593 e. The van der Waals surface area contributed by atoms with Crippen LogP contribution in [-0.2, 0) is 27.6 Å². The first kappa shape index (κ1) is 20.9. The van der Waals surface area contributed by atoms with Gasteiger partial charge in [-0.2, -0.15) is 0 Å². The molecule has 0 amide bonds. The average Bonchev–Trinajstić information content (AvgIpc) is 3.13. The van der Waals surface area contributed by atoms with Crippen LogP contribution in [0, 0.1) is 0 Å². The molecule has 0 spiro atoms. The van der Waals surface area contributed by atoms with Gasteiger partial charge in [-0.1, -0.05) is 25.8 Å². The Balaban J connectivity index is 1.77. The normalized spacial score (nSPS) is 18.5. The molecule has 1 aromatic heterocycles. The lowest BCUT2D eigenvalue weighted by molar-refractivity contribution is -0.147. The van der Waals surface area contributed by atoms with Gasteiger partial charge >= 0.3 is 5.97 Å². The fourth-order valence-electron chi connectivity index (χ4n) is 3.32. The second-order valence-corrected chi connectivity index (χ2v) is 8.55. The average molecular weight is 406 g/mol. The molecule has 8 heteroatoms. The molecule has 152 valence electrons. The highest BCUT2D eigenvalue weighted by Crippen LogP contribution is 2.26. The number of nitrogens with zero attached hydrogens (tertiary/aromatic N) is 2. The molecule has 2 unspecified atom stereocenters. The number of carbonyl (C=O) groups is 1. The zero-order valence-electron chi connectivity index (χ0n) is 16.1. The first-order valence-electron chi connectivity index (χ1n) is 9.71. The molecule has 0 radical (unpaired) electrons. The topological polar surface area (TPSA) is 101 Å². The second-order valence-electron chi connectivity index (χ2n) is 7.10. The lowest BCUT2D eigenvalue weighted by atomic mass is 10.2. The van der Waals surface area contributed by atoms with E-state index in [1.54, 1.807) is 30.5 Å². The summed E-state index contributed by atoms with van der Waals surface area (Å²) in [5, 5.41) is 1.11. The minimum absolute atomic E-state index is 0.0307. The maximum absolute atomic E-state index is 12.9. The lowest BCUT2D eigenvalue weighted by Gasteiger charge is -2.20. The van der Waals surface area contributed by atoms with Crippen LogP contribution in [-0.4, -0.2) is 38.5 Å². The van der Waals surface area contributed by atoms with Crippen LogP contribution in [0.3, 0.4) is 0 Å². The molecule has 1 aliphatic rings. The molecular weight excluding hydrogens is 378 g/mol. The Hall–Kier alpha value is -1.87. The van der Waals surface area contributed by atoms with Gasteiger partial charge in [0.25, 0.3) is 5.56 Å². The summed E-state index contributed by atoms with van der Waals surface area (Å²) in [6, 6.07) is 7.00. The molecular formula is C20H27N3O4S. The van der Waals surface area contributed by atoms with E-state index >= 15 is 0 Å². The van der Waals surface area contributed by atoms with Crippen molar-refractivity contribution < 1.29 is 14.1 Å². The van der Waals surface area contributed by atoms with Crippen LogP contribution >= 0.6 is 0 Å². The van der Waals surface area contributed by atoms with Crippen LogP contribution in [0.5, 0.6) is 0 Å².